The first-order valence-corrected chi connectivity index (χ1v) is 5.86. The van der Waals surface area contributed by atoms with Gasteiger partial charge < -0.3 is 9.84 Å². The van der Waals surface area contributed by atoms with E-state index < -0.39 is 5.60 Å². The molecule has 0 fully saturated rings. The van der Waals surface area contributed by atoms with Crippen molar-refractivity contribution in [2.75, 3.05) is 6.61 Å². The Labute approximate surface area is 101 Å². The number of rotatable bonds is 3. The Morgan fingerprint density at radius 2 is 2.29 bits per heavy atom. The van der Waals surface area contributed by atoms with Crippen LogP contribution in [0.4, 0.5) is 4.39 Å². The lowest BCUT2D eigenvalue weighted by Gasteiger charge is -2.28. The van der Waals surface area contributed by atoms with Crippen molar-refractivity contribution in [2.45, 2.75) is 31.8 Å². The van der Waals surface area contributed by atoms with Gasteiger partial charge in [0.25, 0.3) is 0 Å². The Hall–Kier alpha value is -1.35. The molecule has 0 spiro atoms. The highest BCUT2D eigenvalue weighted by atomic mass is 19.1. The number of ether oxygens (including phenoxy) is 1. The molecule has 0 amide bonds. The molecule has 17 heavy (non-hydrogen) atoms. The lowest BCUT2D eigenvalue weighted by Crippen LogP contribution is -2.31. The number of benzene rings is 1. The monoisotopic (exact) mass is 236 g/mol. The first kappa shape index (κ1) is 12.1. The van der Waals surface area contributed by atoms with Gasteiger partial charge in [-0.15, -0.1) is 0 Å². The average molecular weight is 236 g/mol. The van der Waals surface area contributed by atoms with Gasteiger partial charge in [0.15, 0.2) is 0 Å². The maximum Gasteiger partial charge on any atom is 0.123 e. The third-order valence-corrected chi connectivity index (χ3v) is 3.06. The van der Waals surface area contributed by atoms with Gasteiger partial charge in [-0.2, -0.15) is 0 Å². The van der Waals surface area contributed by atoms with E-state index in [-0.39, 0.29) is 5.82 Å². The second kappa shape index (κ2) is 4.88. The highest BCUT2D eigenvalue weighted by Crippen LogP contribution is 2.27. The van der Waals surface area contributed by atoms with Crippen molar-refractivity contribution in [1.82, 2.24) is 0 Å². The van der Waals surface area contributed by atoms with Gasteiger partial charge in [-0.05, 0) is 43.0 Å². The van der Waals surface area contributed by atoms with Gasteiger partial charge in [0.2, 0.25) is 0 Å². The largest absolute Gasteiger partial charge is 0.501 e. The lowest BCUT2D eigenvalue weighted by molar-refractivity contribution is 0.0806. The van der Waals surface area contributed by atoms with Crippen LogP contribution >= 0.6 is 0 Å². The summed E-state index contributed by atoms with van der Waals surface area (Å²) in [6, 6.07) is 6.34. The molecule has 2 nitrogen and oxygen atoms in total. The predicted octanol–water partition coefficient (Wildman–Crippen LogP) is 2.81. The second-order valence-corrected chi connectivity index (χ2v) is 4.70. The van der Waals surface area contributed by atoms with E-state index in [9.17, 15) is 9.50 Å². The third kappa shape index (κ3) is 3.07. The van der Waals surface area contributed by atoms with E-state index in [0.29, 0.717) is 13.0 Å². The number of hydrogen-bond acceptors (Lipinski definition) is 2. The molecular weight excluding hydrogens is 219 g/mol. The average Bonchev–Trinajstić information content (AvgIpc) is 2.29. The van der Waals surface area contributed by atoms with Crippen molar-refractivity contribution in [3.63, 3.8) is 0 Å². The van der Waals surface area contributed by atoms with Crippen LogP contribution in [0.3, 0.4) is 0 Å². The third-order valence-electron chi connectivity index (χ3n) is 3.06. The first-order chi connectivity index (χ1) is 8.08. The van der Waals surface area contributed by atoms with E-state index in [2.05, 4.69) is 0 Å². The number of aliphatic hydroxyl groups is 1. The summed E-state index contributed by atoms with van der Waals surface area (Å²) < 4.78 is 18.3. The molecule has 92 valence electrons. The van der Waals surface area contributed by atoms with Crippen LogP contribution in [0, 0.1) is 5.82 Å². The Morgan fingerprint density at radius 3 is 2.94 bits per heavy atom. The van der Waals surface area contributed by atoms with E-state index in [1.54, 1.807) is 19.3 Å². The summed E-state index contributed by atoms with van der Waals surface area (Å²) in [7, 11) is 0. The van der Waals surface area contributed by atoms with Crippen LogP contribution in [0.2, 0.25) is 0 Å². The molecule has 0 aliphatic carbocycles. The minimum Gasteiger partial charge on any atom is -0.501 e. The van der Waals surface area contributed by atoms with Crippen molar-refractivity contribution in [3.8, 4) is 0 Å². The molecule has 0 radical (unpaired) electrons. The molecule has 0 saturated carbocycles. The molecule has 1 aromatic carbocycles. The van der Waals surface area contributed by atoms with Crippen LogP contribution in [-0.2, 0) is 11.2 Å². The fourth-order valence-corrected chi connectivity index (χ4v) is 2.12. The minimum atomic E-state index is -0.964. The van der Waals surface area contributed by atoms with Crippen LogP contribution in [0.1, 0.15) is 25.3 Å². The predicted molar refractivity (Wildman–Crippen MR) is 64.0 cm³/mol. The van der Waals surface area contributed by atoms with E-state index in [1.807, 2.05) is 6.07 Å². The molecule has 2 rings (SSSR count). The zero-order valence-corrected chi connectivity index (χ0v) is 9.95. The maximum absolute atomic E-state index is 13.1. The van der Waals surface area contributed by atoms with E-state index in [4.69, 9.17) is 4.74 Å². The van der Waals surface area contributed by atoms with Crippen molar-refractivity contribution in [1.29, 1.82) is 0 Å². The highest BCUT2D eigenvalue weighted by molar-refractivity contribution is 5.24. The first-order valence-electron chi connectivity index (χ1n) is 5.86. The topological polar surface area (TPSA) is 29.5 Å². The summed E-state index contributed by atoms with van der Waals surface area (Å²) >= 11 is 0. The molecule has 3 heteroatoms. The second-order valence-electron chi connectivity index (χ2n) is 4.70. The quantitative estimate of drug-likeness (QED) is 0.874. The molecule has 1 unspecified atom stereocenters. The molecule has 1 aliphatic heterocycles. The minimum absolute atomic E-state index is 0.271. The number of hydrogen-bond donors (Lipinski definition) is 1. The van der Waals surface area contributed by atoms with Gasteiger partial charge in [0, 0.05) is 6.42 Å². The smallest absolute Gasteiger partial charge is 0.123 e. The number of halogens is 1. The Bertz CT molecular complexity index is 424. The molecule has 1 N–H and O–H groups in total. The van der Waals surface area contributed by atoms with Crippen molar-refractivity contribution >= 4 is 0 Å². The van der Waals surface area contributed by atoms with Crippen LogP contribution in [0.5, 0.6) is 0 Å². The summed E-state index contributed by atoms with van der Waals surface area (Å²) in [4.78, 5) is 0. The van der Waals surface area contributed by atoms with E-state index in [0.717, 1.165) is 24.0 Å². The van der Waals surface area contributed by atoms with Gasteiger partial charge in [-0.1, -0.05) is 12.1 Å². The molecule has 1 atom stereocenters. The van der Waals surface area contributed by atoms with Gasteiger partial charge in [0.1, 0.15) is 5.82 Å². The Balaban J connectivity index is 2.13. The van der Waals surface area contributed by atoms with E-state index in [1.165, 1.54) is 12.1 Å². The molecular formula is C14H17FO2. The van der Waals surface area contributed by atoms with Crippen LogP contribution in [-0.4, -0.2) is 17.3 Å². The Kier molecular flexibility index (Phi) is 3.48. The fraction of sp³-hybridized carbons (Fsp3) is 0.429. The molecule has 1 aromatic rings. The van der Waals surface area contributed by atoms with Gasteiger partial charge in [-0.3, -0.25) is 0 Å². The summed E-state index contributed by atoms with van der Waals surface area (Å²) in [6.07, 6.45) is 3.80. The fourth-order valence-electron chi connectivity index (χ4n) is 2.12. The van der Waals surface area contributed by atoms with Crippen molar-refractivity contribution in [3.05, 3.63) is 47.5 Å². The summed E-state index contributed by atoms with van der Waals surface area (Å²) in [6.45, 7) is 2.46. The molecule has 1 aliphatic rings. The standard InChI is InChI=1S/C14H17FO2/c1-14(16,12-5-3-7-17-10-12)9-11-4-2-6-13(15)8-11/h2,4,6,8,10,16H,3,5,7,9H2,1H3. The molecule has 0 saturated heterocycles. The van der Waals surface area contributed by atoms with Gasteiger partial charge in [0.05, 0.1) is 18.5 Å². The highest BCUT2D eigenvalue weighted by Gasteiger charge is 2.27. The molecule has 1 heterocycles. The normalized spacial score (nSPS) is 19.1. The van der Waals surface area contributed by atoms with Crippen LogP contribution < -0.4 is 0 Å². The summed E-state index contributed by atoms with van der Waals surface area (Å²) in [5.74, 6) is -0.271. The van der Waals surface area contributed by atoms with Crippen LogP contribution in [0.15, 0.2) is 36.1 Å². The molecule has 0 aromatic heterocycles. The zero-order valence-electron chi connectivity index (χ0n) is 9.95. The summed E-state index contributed by atoms with van der Waals surface area (Å²) in [5.41, 5.74) is 0.711. The Morgan fingerprint density at radius 1 is 1.47 bits per heavy atom. The van der Waals surface area contributed by atoms with E-state index >= 15 is 0 Å². The zero-order chi connectivity index (χ0) is 12.3. The molecule has 0 bridgehead atoms. The van der Waals surface area contributed by atoms with Crippen molar-refractivity contribution in [2.24, 2.45) is 0 Å². The van der Waals surface area contributed by atoms with Gasteiger partial charge >= 0.3 is 0 Å². The lowest BCUT2D eigenvalue weighted by atomic mass is 9.86. The van der Waals surface area contributed by atoms with Crippen LogP contribution in [0.25, 0.3) is 0 Å². The summed E-state index contributed by atoms with van der Waals surface area (Å²) in [5, 5.41) is 10.4. The maximum atomic E-state index is 13.1. The van der Waals surface area contributed by atoms with Crippen molar-refractivity contribution < 1.29 is 14.2 Å². The van der Waals surface area contributed by atoms with Gasteiger partial charge in [-0.25, -0.2) is 4.39 Å². The SMILES string of the molecule is CC(O)(Cc1cccc(F)c1)C1=COCCC1.